The summed E-state index contributed by atoms with van der Waals surface area (Å²) >= 11 is 1.14. The standard InChI is InChI=1S/C14H15NO3S/c1-9-12(14(17)18-3)7-11(8-13(9)15)5-4-6-19-10(2)16/h7-8H,6,15H2,1-3H3. The fourth-order valence-electron chi connectivity index (χ4n) is 1.41. The highest BCUT2D eigenvalue weighted by Gasteiger charge is 2.12. The fraction of sp³-hybridized carbons (Fsp3) is 0.286. The molecule has 0 atom stereocenters. The summed E-state index contributed by atoms with van der Waals surface area (Å²) in [5, 5.41) is 0.0213. The van der Waals surface area contributed by atoms with E-state index in [0.717, 1.165) is 11.8 Å². The summed E-state index contributed by atoms with van der Waals surface area (Å²) in [6, 6.07) is 3.34. The van der Waals surface area contributed by atoms with Gasteiger partial charge in [-0.1, -0.05) is 23.6 Å². The zero-order chi connectivity index (χ0) is 14.4. The Morgan fingerprint density at radius 3 is 2.68 bits per heavy atom. The molecule has 0 aliphatic rings. The number of nitrogens with two attached hydrogens (primary N) is 1. The van der Waals surface area contributed by atoms with Crippen molar-refractivity contribution in [2.24, 2.45) is 0 Å². The molecule has 0 aliphatic carbocycles. The number of methoxy groups -OCH3 is 1. The molecule has 4 nitrogen and oxygen atoms in total. The first kappa shape index (κ1) is 15.1. The first-order chi connectivity index (χ1) is 8.95. The van der Waals surface area contributed by atoms with Crippen molar-refractivity contribution in [2.45, 2.75) is 13.8 Å². The molecule has 0 fully saturated rings. The van der Waals surface area contributed by atoms with Gasteiger partial charge in [0.25, 0.3) is 0 Å². The highest BCUT2D eigenvalue weighted by atomic mass is 32.2. The Kier molecular flexibility index (Phi) is 5.46. The normalized spacial score (nSPS) is 9.42. The number of carbonyl (C=O) groups is 2. The van der Waals surface area contributed by atoms with Gasteiger partial charge in [0.2, 0.25) is 0 Å². The number of rotatable bonds is 2. The number of benzene rings is 1. The number of hydrogen-bond acceptors (Lipinski definition) is 5. The fourth-order valence-corrected chi connectivity index (χ4v) is 1.75. The van der Waals surface area contributed by atoms with Gasteiger partial charge >= 0.3 is 5.97 Å². The van der Waals surface area contributed by atoms with Crippen LogP contribution < -0.4 is 5.73 Å². The molecule has 0 bridgehead atoms. The van der Waals surface area contributed by atoms with Gasteiger partial charge < -0.3 is 10.5 Å². The summed E-state index contributed by atoms with van der Waals surface area (Å²) in [4.78, 5) is 22.3. The first-order valence-electron chi connectivity index (χ1n) is 5.56. The lowest BCUT2D eigenvalue weighted by atomic mass is 10.0. The van der Waals surface area contributed by atoms with Crippen LogP contribution in [0.2, 0.25) is 0 Å². The summed E-state index contributed by atoms with van der Waals surface area (Å²) < 4.78 is 4.69. The quantitative estimate of drug-likeness (QED) is 0.508. The van der Waals surface area contributed by atoms with Gasteiger partial charge in [0, 0.05) is 18.2 Å². The number of anilines is 1. The predicted octanol–water partition coefficient (Wildman–Crippen LogP) is 2.00. The van der Waals surface area contributed by atoms with Crippen molar-refractivity contribution in [3.63, 3.8) is 0 Å². The Morgan fingerprint density at radius 1 is 1.42 bits per heavy atom. The number of ether oxygens (including phenoxy) is 1. The van der Waals surface area contributed by atoms with E-state index >= 15 is 0 Å². The molecule has 0 radical (unpaired) electrons. The SMILES string of the molecule is COC(=O)c1cc(C#CCSC(C)=O)cc(N)c1C. The van der Waals surface area contributed by atoms with E-state index in [2.05, 4.69) is 11.8 Å². The van der Waals surface area contributed by atoms with Crippen LogP contribution in [0.15, 0.2) is 12.1 Å². The number of hydrogen-bond donors (Lipinski definition) is 1. The van der Waals surface area contributed by atoms with Crippen molar-refractivity contribution in [3.8, 4) is 11.8 Å². The van der Waals surface area contributed by atoms with Crippen LogP contribution in [-0.2, 0) is 9.53 Å². The molecule has 0 aliphatic heterocycles. The van der Waals surface area contributed by atoms with Gasteiger partial charge in [-0.15, -0.1) is 0 Å². The summed E-state index contributed by atoms with van der Waals surface area (Å²) in [6.45, 7) is 3.25. The average Bonchev–Trinajstić information content (AvgIpc) is 2.37. The van der Waals surface area contributed by atoms with E-state index < -0.39 is 5.97 Å². The van der Waals surface area contributed by atoms with Crippen molar-refractivity contribution < 1.29 is 14.3 Å². The molecule has 0 aromatic heterocycles. The highest BCUT2D eigenvalue weighted by Crippen LogP contribution is 2.19. The Hall–Kier alpha value is -1.93. The van der Waals surface area contributed by atoms with E-state index in [4.69, 9.17) is 10.5 Å². The highest BCUT2D eigenvalue weighted by molar-refractivity contribution is 8.13. The average molecular weight is 277 g/mol. The smallest absolute Gasteiger partial charge is 0.338 e. The van der Waals surface area contributed by atoms with Gasteiger partial charge in [0.05, 0.1) is 18.4 Å². The molecule has 0 saturated heterocycles. The number of thioether (sulfide) groups is 1. The minimum Gasteiger partial charge on any atom is -0.465 e. The Labute approximate surface area is 116 Å². The van der Waals surface area contributed by atoms with Crippen LogP contribution in [-0.4, -0.2) is 23.9 Å². The molecule has 100 valence electrons. The zero-order valence-electron chi connectivity index (χ0n) is 11.1. The van der Waals surface area contributed by atoms with Crippen molar-refractivity contribution >= 4 is 28.5 Å². The van der Waals surface area contributed by atoms with Crippen LogP contribution in [0.1, 0.15) is 28.4 Å². The van der Waals surface area contributed by atoms with E-state index in [1.54, 1.807) is 19.1 Å². The Morgan fingerprint density at radius 2 is 2.11 bits per heavy atom. The molecule has 1 rings (SSSR count). The maximum Gasteiger partial charge on any atom is 0.338 e. The second-order valence-corrected chi connectivity index (χ2v) is 4.96. The third kappa shape index (κ3) is 4.34. The van der Waals surface area contributed by atoms with Crippen molar-refractivity contribution in [1.82, 2.24) is 0 Å². The van der Waals surface area contributed by atoms with Gasteiger partial charge in [0.1, 0.15) is 0 Å². The lowest BCUT2D eigenvalue weighted by Gasteiger charge is -2.07. The van der Waals surface area contributed by atoms with E-state index in [1.807, 2.05) is 0 Å². The summed E-state index contributed by atoms with van der Waals surface area (Å²) in [7, 11) is 1.32. The topological polar surface area (TPSA) is 69.4 Å². The molecular weight excluding hydrogens is 262 g/mol. The summed E-state index contributed by atoms with van der Waals surface area (Å²) in [5.74, 6) is 5.70. The van der Waals surface area contributed by atoms with Crippen LogP contribution in [0.5, 0.6) is 0 Å². The van der Waals surface area contributed by atoms with Crippen molar-refractivity contribution in [1.29, 1.82) is 0 Å². The largest absolute Gasteiger partial charge is 0.465 e. The molecule has 0 spiro atoms. The molecule has 1 aromatic carbocycles. The zero-order valence-corrected chi connectivity index (χ0v) is 11.9. The molecule has 0 heterocycles. The predicted molar refractivity (Wildman–Crippen MR) is 76.9 cm³/mol. The molecule has 2 N–H and O–H groups in total. The Balaban J connectivity index is 3.00. The molecule has 5 heteroatoms. The van der Waals surface area contributed by atoms with E-state index in [1.165, 1.54) is 14.0 Å². The third-order valence-corrected chi connectivity index (χ3v) is 3.13. The van der Waals surface area contributed by atoms with Gasteiger partial charge in [-0.25, -0.2) is 4.79 Å². The van der Waals surface area contributed by atoms with Crippen molar-refractivity contribution in [2.75, 3.05) is 18.6 Å². The number of esters is 1. The number of nitrogen functional groups attached to an aromatic ring is 1. The van der Waals surface area contributed by atoms with Gasteiger partial charge in [-0.3, -0.25) is 4.79 Å². The van der Waals surface area contributed by atoms with E-state index in [0.29, 0.717) is 28.1 Å². The van der Waals surface area contributed by atoms with Crippen LogP contribution in [0.3, 0.4) is 0 Å². The molecule has 0 saturated carbocycles. The second kappa shape index (κ2) is 6.86. The lowest BCUT2D eigenvalue weighted by Crippen LogP contribution is -2.06. The van der Waals surface area contributed by atoms with Crippen LogP contribution in [0.25, 0.3) is 0 Å². The maximum atomic E-state index is 11.6. The molecule has 0 unspecified atom stereocenters. The first-order valence-corrected chi connectivity index (χ1v) is 6.55. The summed E-state index contributed by atoms with van der Waals surface area (Å²) in [6.07, 6.45) is 0. The summed E-state index contributed by atoms with van der Waals surface area (Å²) in [5.41, 5.74) is 8.04. The van der Waals surface area contributed by atoms with Crippen LogP contribution in [0.4, 0.5) is 5.69 Å². The van der Waals surface area contributed by atoms with Gasteiger partial charge in [-0.05, 0) is 24.6 Å². The number of carbonyl (C=O) groups excluding carboxylic acids is 2. The van der Waals surface area contributed by atoms with E-state index in [9.17, 15) is 9.59 Å². The minimum atomic E-state index is -0.439. The molecule has 1 aromatic rings. The van der Waals surface area contributed by atoms with Gasteiger partial charge in [-0.2, -0.15) is 0 Å². The molecular formula is C14H15NO3S. The maximum absolute atomic E-state index is 11.6. The minimum absolute atomic E-state index is 0.0213. The lowest BCUT2D eigenvalue weighted by molar-refractivity contribution is -0.109. The Bertz CT molecular complexity index is 570. The monoisotopic (exact) mass is 277 g/mol. The van der Waals surface area contributed by atoms with Gasteiger partial charge in [0.15, 0.2) is 5.12 Å². The van der Waals surface area contributed by atoms with Crippen LogP contribution >= 0.6 is 11.8 Å². The second-order valence-electron chi connectivity index (χ2n) is 3.81. The van der Waals surface area contributed by atoms with Crippen LogP contribution in [0, 0.1) is 18.8 Å². The van der Waals surface area contributed by atoms with E-state index in [-0.39, 0.29) is 5.12 Å². The molecule has 0 amide bonds. The molecule has 19 heavy (non-hydrogen) atoms. The third-order valence-electron chi connectivity index (χ3n) is 2.43. The van der Waals surface area contributed by atoms with Crippen molar-refractivity contribution in [3.05, 3.63) is 28.8 Å².